The van der Waals surface area contributed by atoms with Crippen LogP contribution in [0.1, 0.15) is 0 Å². The van der Waals surface area contributed by atoms with Gasteiger partial charge < -0.3 is 9.47 Å². The van der Waals surface area contributed by atoms with Crippen molar-refractivity contribution < 1.29 is 0 Å². The molecule has 11 heavy (non-hydrogen) atoms. The first-order valence-corrected chi connectivity index (χ1v) is 3.99. The summed E-state index contributed by atoms with van der Waals surface area (Å²) in [6.45, 7) is 3.60. The van der Waals surface area contributed by atoms with Crippen LogP contribution in [-0.4, -0.2) is 34.6 Å². The molecule has 1 aromatic heterocycles. The van der Waals surface area contributed by atoms with Crippen LogP contribution >= 0.6 is 0 Å². The van der Waals surface area contributed by atoms with Crippen molar-refractivity contribution in [3.63, 3.8) is 0 Å². The van der Waals surface area contributed by atoms with Crippen LogP contribution in [0.5, 0.6) is 0 Å². The van der Waals surface area contributed by atoms with Crippen molar-refractivity contribution in [3.8, 4) is 0 Å². The molecule has 1 aromatic rings. The fraction of sp³-hybridized carbons (Fsp3) is 0.625. The first kappa shape index (κ1) is 6.85. The van der Waals surface area contributed by atoms with Crippen molar-refractivity contribution >= 4 is 0 Å². The average molecular weight is 151 g/mol. The van der Waals surface area contributed by atoms with E-state index in [1.165, 1.54) is 13.1 Å². The molecule has 2 rings (SSSR count). The van der Waals surface area contributed by atoms with Crippen LogP contribution in [-0.2, 0) is 6.54 Å². The van der Waals surface area contributed by atoms with Gasteiger partial charge in [0.2, 0.25) is 0 Å². The Labute approximate surface area is 66.6 Å². The van der Waals surface area contributed by atoms with Gasteiger partial charge >= 0.3 is 0 Å². The van der Waals surface area contributed by atoms with Crippen molar-refractivity contribution in [1.82, 2.24) is 14.5 Å². The van der Waals surface area contributed by atoms with Crippen LogP contribution in [0.25, 0.3) is 0 Å². The Bertz CT molecular complexity index is 211. The highest BCUT2D eigenvalue weighted by Crippen LogP contribution is 2.14. The summed E-state index contributed by atoms with van der Waals surface area (Å²) in [5.74, 6) is 0.842. The zero-order valence-corrected chi connectivity index (χ0v) is 6.77. The van der Waals surface area contributed by atoms with Gasteiger partial charge in [0.25, 0.3) is 0 Å². The molecule has 0 saturated carbocycles. The largest absolute Gasteiger partial charge is 0.337 e. The Morgan fingerprint density at radius 2 is 2.36 bits per heavy atom. The number of hydrogen-bond donors (Lipinski definition) is 0. The van der Waals surface area contributed by atoms with Gasteiger partial charge in [0, 0.05) is 37.9 Å². The molecule has 0 radical (unpaired) electrons. The summed E-state index contributed by atoms with van der Waals surface area (Å²) in [4.78, 5) is 6.34. The summed E-state index contributed by atoms with van der Waals surface area (Å²) in [7, 11) is 2.16. The summed E-state index contributed by atoms with van der Waals surface area (Å²) in [6, 6.07) is 0. The van der Waals surface area contributed by atoms with Crippen molar-refractivity contribution in [2.75, 3.05) is 20.1 Å². The van der Waals surface area contributed by atoms with Crippen molar-refractivity contribution in [1.29, 1.82) is 0 Å². The third-order valence-electron chi connectivity index (χ3n) is 2.17. The minimum absolute atomic E-state index is 0.842. The maximum Gasteiger partial charge on any atom is 0.0946 e. The monoisotopic (exact) mass is 151 g/mol. The number of likely N-dealkylation sites (tertiary alicyclic amines) is 1. The van der Waals surface area contributed by atoms with Crippen molar-refractivity contribution in [2.45, 2.75) is 6.54 Å². The molecule has 3 heteroatoms. The molecule has 60 valence electrons. The lowest BCUT2D eigenvalue weighted by molar-refractivity contribution is 0.119. The van der Waals surface area contributed by atoms with E-state index >= 15 is 0 Å². The fourth-order valence-corrected chi connectivity index (χ4v) is 1.64. The summed E-state index contributed by atoms with van der Waals surface area (Å²) in [5, 5.41) is 0. The van der Waals surface area contributed by atoms with Gasteiger partial charge in [0.05, 0.1) is 6.33 Å². The molecule has 0 bridgehead atoms. The Morgan fingerprint density at radius 3 is 2.91 bits per heavy atom. The van der Waals surface area contributed by atoms with Gasteiger partial charge in [-0.15, -0.1) is 0 Å². The van der Waals surface area contributed by atoms with Crippen molar-refractivity contribution in [3.05, 3.63) is 18.7 Å². The molecular formula is C8H13N3. The van der Waals surface area contributed by atoms with Crippen LogP contribution < -0.4 is 0 Å². The predicted octanol–water partition coefficient (Wildman–Crippen LogP) is 0.445. The van der Waals surface area contributed by atoms with E-state index in [0.717, 1.165) is 12.5 Å². The third-order valence-corrected chi connectivity index (χ3v) is 2.17. The molecule has 1 aliphatic heterocycles. The van der Waals surface area contributed by atoms with E-state index in [4.69, 9.17) is 0 Å². The van der Waals surface area contributed by atoms with E-state index in [9.17, 15) is 0 Å². The number of hydrogen-bond acceptors (Lipinski definition) is 2. The lowest BCUT2D eigenvalue weighted by Gasteiger charge is -2.36. The predicted molar refractivity (Wildman–Crippen MR) is 43.2 cm³/mol. The fourth-order valence-electron chi connectivity index (χ4n) is 1.64. The SMILES string of the molecule is CN1CC(Cn2ccnc2)C1. The minimum atomic E-state index is 0.842. The molecule has 0 N–H and O–H groups in total. The second-order valence-corrected chi connectivity index (χ2v) is 3.35. The van der Waals surface area contributed by atoms with Crippen LogP contribution in [0, 0.1) is 5.92 Å². The number of aromatic nitrogens is 2. The van der Waals surface area contributed by atoms with Crippen LogP contribution in [0.3, 0.4) is 0 Å². The van der Waals surface area contributed by atoms with Gasteiger partial charge in [-0.3, -0.25) is 0 Å². The van der Waals surface area contributed by atoms with E-state index in [-0.39, 0.29) is 0 Å². The lowest BCUT2D eigenvalue weighted by atomic mass is 10.0. The van der Waals surface area contributed by atoms with Crippen molar-refractivity contribution in [2.24, 2.45) is 5.92 Å². The standard InChI is InChI=1S/C8H13N3/c1-10-4-8(5-10)6-11-3-2-9-7-11/h2-3,7-8H,4-6H2,1H3. The smallest absolute Gasteiger partial charge is 0.0946 e. The number of imidazole rings is 1. The zero-order chi connectivity index (χ0) is 7.68. The van der Waals surface area contributed by atoms with Gasteiger partial charge in [-0.2, -0.15) is 0 Å². The molecule has 0 amide bonds. The summed E-state index contributed by atoms with van der Waals surface area (Å²) in [5.41, 5.74) is 0. The van der Waals surface area contributed by atoms with Gasteiger partial charge in [-0.25, -0.2) is 4.98 Å². The van der Waals surface area contributed by atoms with Gasteiger partial charge in [0.1, 0.15) is 0 Å². The lowest BCUT2D eigenvalue weighted by Crippen LogP contribution is -2.45. The maximum atomic E-state index is 4.00. The van der Waals surface area contributed by atoms with E-state index in [1.807, 2.05) is 18.7 Å². The highest BCUT2D eigenvalue weighted by atomic mass is 15.2. The van der Waals surface area contributed by atoms with Crippen LogP contribution in [0.2, 0.25) is 0 Å². The molecule has 0 unspecified atom stereocenters. The molecule has 0 atom stereocenters. The first-order chi connectivity index (χ1) is 5.34. The second kappa shape index (κ2) is 2.66. The molecule has 2 heterocycles. The van der Waals surface area contributed by atoms with Crippen LogP contribution in [0.4, 0.5) is 0 Å². The summed E-state index contributed by atoms with van der Waals surface area (Å²) >= 11 is 0. The zero-order valence-electron chi connectivity index (χ0n) is 6.77. The summed E-state index contributed by atoms with van der Waals surface area (Å²) in [6.07, 6.45) is 5.75. The molecule has 1 saturated heterocycles. The third kappa shape index (κ3) is 1.43. The Morgan fingerprint density at radius 1 is 1.55 bits per heavy atom. The minimum Gasteiger partial charge on any atom is -0.337 e. The molecule has 1 fully saturated rings. The highest BCUT2D eigenvalue weighted by Gasteiger charge is 2.22. The number of nitrogens with zero attached hydrogens (tertiary/aromatic N) is 3. The second-order valence-electron chi connectivity index (χ2n) is 3.35. The maximum absolute atomic E-state index is 4.00. The molecule has 1 aliphatic rings. The molecule has 0 spiro atoms. The summed E-state index contributed by atoms with van der Waals surface area (Å²) < 4.78 is 2.15. The molecule has 0 aliphatic carbocycles. The highest BCUT2D eigenvalue weighted by molar-refractivity contribution is 4.81. The Kier molecular flexibility index (Phi) is 1.66. The molecule has 0 aromatic carbocycles. The topological polar surface area (TPSA) is 21.1 Å². The van der Waals surface area contributed by atoms with Crippen LogP contribution in [0.15, 0.2) is 18.7 Å². The Hall–Kier alpha value is -0.830. The first-order valence-electron chi connectivity index (χ1n) is 3.99. The van der Waals surface area contributed by atoms with Gasteiger partial charge in [-0.05, 0) is 7.05 Å². The Balaban J connectivity index is 1.84. The van der Waals surface area contributed by atoms with E-state index < -0.39 is 0 Å². The molecule has 3 nitrogen and oxygen atoms in total. The normalized spacial score (nSPS) is 20.1. The average Bonchev–Trinajstić information content (AvgIpc) is 2.36. The van der Waals surface area contributed by atoms with E-state index in [0.29, 0.717) is 0 Å². The van der Waals surface area contributed by atoms with E-state index in [2.05, 4.69) is 21.5 Å². The van der Waals surface area contributed by atoms with Gasteiger partial charge in [0.15, 0.2) is 0 Å². The van der Waals surface area contributed by atoms with Gasteiger partial charge in [-0.1, -0.05) is 0 Å². The quantitative estimate of drug-likeness (QED) is 0.611. The van der Waals surface area contributed by atoms with E-state index in [1.54, 1.807) is 0 Å². The number of rotatable bonds is 2. The molecular weight excluding hydrogens is 138 g/mol.